The summed E-state index contributed by atoms with van der Waals surface area (Å²) < 4.78 is 0. The fourth-order valence-corrected chi connectivity index (χ4v) is 19.2. The predicted octanol–water partition coefficient (Wildman–Crippen LogP) is 28.3. The van der Waals surface area contributed by atoms with Crippen molar-refractivity contribution in [1.29, 1.82) is 0 Å². The van der Waals surface area contributed by atoms with Crippen molar-refractivity contribution in [3.8, 4) is 89.3 Å². The van der Waals surface area contributed by atoms with E-state index in [9.17, 15) is 0 Å². The van der Waals surface area contributed by atoms with Crippen LogP contribution < -0.4 is 0 Å². The van der Waals surface area contributed by atoms with Crippen molar-refractivity contribution in [3.05, 3.63) is 374 Å². The van der Waals surface area contributed by atoms with Crippen LogP contribution in [0.25, 0.3) is 208 Å². The van der Waals surface area contributed by atoms with E-state index in [1.807, 2.05) is 18.5 Å². The summed E-state index contributed by atoms with van der Waals surface area (Å²) in [6, 6.07) is 125. The van der Waals surface area contributed by atoms with Crippen molar-refractivity contribution in [2.24, 2.45) is 0 Å². The normalized spacial score (nSPS) is 13.2. The lowest BCUT2D eigenvalue weighted by atomic mass is 9.78. The van der Waals surface area contributed by atoms with Crippen LogP contribution in [0.5, 0.6) is 0 Å². The lowest BCUT2D eigenvalue weighted by Crippen LogP contribution is -2.16. The summed E-state index contributed by atoms with van der Waals surface area (Å²) >= 11 is 0. The number of pyridine rings is 4. The molecule has 0 saturated heterocycles. The molecule has 4 heterocycles. The molecule has 0 radical (unpaired) electrons. The molecule has 0 unspecified atom stereocenters. The summed E-state index contributed by atoms with van der Waals surface area (Å²) in [5, 5.41) is 22.3. The molecular formula is C106H70N4. The Balaban J connectivity index is 0.000000136. The second-order valence-corrected chi connectivity index (χ2v) is 31.0. The molecule has 2 aliphatic rings. The summed E-state index contributed by atoms with van der Waals surface area (Å²) in [5.74, 6) is 0. The minimum Gasteiger partial charge on any atom is -0.254 e. The molecule has 4 heteroatoms. The molecule has 17 aromatic carbocycles. The first-order chi connectivity index (χ1) is 54.1. The number of hydrogen-bond acceptors (Lipinski definition) is 4. The van der Waals surface area contributed by atoms with E-state index in [4.69, 9.17) is 15.0 Å². The molecule has 0 bridgehead atoms. The Hall–Kier alpha value is -13.8. The molecule has 2 aliphatic carbocycles. The zero-order chi connectivity index (χ0) is 73.1. The van der Waals surface area contributed by atoms with Gasteiger partial charge in [0, 0.05) is 61.5 Å². The van der Waals surface area contributed by atoms with Gasteiger partial charge in [0.25, 0.3) is 0 Å². The number of aromatic nitrogens is 4. The van der Waals surface area contributed by atoms with Crippen LogP contribution in [0.15, 0.2) is 352 Å². The Morgan fingerprint density at radius 3 is 1.07 bits per heavy atom. The van der Waals surface area contributed by atoms with Gasteiger partial charge in [-0.2, -0.15) is 0 Å². The van der Waals surface area contributed by atoms with Crippen molar-refractivity contribution < 1.29 is 0 Å². The third-order valence-electron chi connectivity index (χ3n) is 24.3. The molecule has 0 fully saturated rings. The molecule has 514 valence electrons. The van der Waals surface area contributed by atoms with Crippen LogP contribution in [0.2, 0.25) is 0 Å². The van der Waals surface area contributed by atoms with E-state index < -0.39 is 0 Å². The molecule has 110 heavy (non-hydrogen) atoms. The van der Waals surface area contributed by atoms with Gasteiger partial charge in [-0.15, -0.1) is 0 Å². The van der Waals surface area contributed by atoms with Gasteiger partial charge < -0.3 is 0 Å². The van der Waals surface area contributed by atoms with E-state index in [0.29, 0.717) is 0 Å². The summed E-state index contributed by atoms with van der Waals surface area (Å²) in [6.45, 7) is 9.43. The zero-order valence-corrected chi connectivity index (χ0v) is 61.3. The number of nitrogens with zero attached hydrogens (tertiary/aromatic N) is 4. The van der Waals surface area contributed by atoms with Gasteiger partial charge in [0.2, 0.25) is 0 Å². The predicted molar refractivity (Wildman–Crippen MR) is 464 cm³/mol. The van der Waals surface area contributed by atoms with Crippen LogP contribution in [-0.2, 0) is 10.8 Å². The van der Waals surface area contributed by atoms with E-state index in [1.165, 1.54) is 181 Å². The summed E-state index contributed by atoms with van der Waals surface area (Å²) in [7, 11) is 0. The third kappa shape index (κ3) is 9.58. The monoisotopic (exact) mass is 1400 g/mol. The fraction of sp³-hybridized carbons (Fsp3) is 0.0566. The van der Waals surface area contributed by atoms with Crippen LogP contribution in [-0.4, -0.2) is 19.9 Å². The quantitative estimate of drug-likeness (QED) is 0.156. The molecule has 4 nitrogen and oxygen atoms in total. The topological polar surface area (TPSA) is 51.6 Å². The number of rotatable bonds is 6. The average Bonchev–Trinajstić information content (AvgIpc) is 1.53. The number of hydrogen-bond donors (Lipinski definition) is 0. The van der Waals surface area contributed by atoms with Crippen molar-refractivity contribution in [1.82, 2.24) is 19.9 Å². The Morgan fingerprint density at radius 2 is 0.582 bits per heavy atom. The van der Waals surface area contributed by atoms with Crippen LogP contribution in [0.3, 0.4) is 0 Å². The molecule has 23 rings (SSSR count). The van der Waals surface area contributed by atoms with E-state index in [2.05, 4.69) is 366 Å². The summed E-state index contributed by atoms with van der Waals surface area (Å²) in [6.07, 6.45) is 3.83. The highest BCUT2D eigenvalue weighted by molar-refractivity contribution is 6.26. The van der Waals surface area contributed by atoms with Crippen LogP contribution >= 0.6 is 0 Å². The first-order valence-electron chi connectivity index (χ1n) is 38.2. The van der Waals surface area contributed by atoms with Gasteiger partial charge in [-0.25, -0.2) is 9.97 Å². The molecule has 4 aromatic heterocycles. The zero-order valence-electron chi connectivity index (χ0n) is 61.3. The Labute approximate surface area is 637 Å². The smallest absolute Gasteiger partial charge is 0.0964 e. The Morgan fingerprint density at radius 1 is 0.227 bits per heavy atom. The molecule has 21 aromatic rings. The molecular weight excluding hydrogens is 1330 g/mol. The third-order valence-corrected chi connectivity index (χ3v) is 24.3. The van der Waals surface area contributed by atoms with Crippen molar-refractivity contribution >= 4 is 119 Å². The molecule has 0 N–H and O–H groups in total. The molecule has 0 saturated carbocycles. The molecule has 0 aliphatic heterocycles. The molecule has 0 spiro atoms. The lowest BCUT2D eigenvalue weighted by Gasteiger charge is -2.26. The Bertz CT molecular complexity index is 7480. The maximum absolute atomic E-state index is 5.41. The van der Waals surface area contributed by atoms with Crippen molar-refractivity contribution in [2.75, 3.05) is 0 Å². The second-order valence-electron chi connectivity index (χ2n) is 31.0. The Kier molecular flexibility index (Phi) is 14.1. The minimum atomic E-state index is -0.203. The highest BCUT2D eigenvalue weighted by Gasteiger charge is 2.42. The highest BCUT2D eigenvalue weighted by Crippen LogP contribution is 2.57. The standard InChI is InChI=1S/C56H37N.C50H33N3/c1-56(2)50-22-12-11-21-48(50)55-54(56)52(53-40-14-4-3-13-34(40)28-32-51(53)57-55)36-25-23-35(24-26-36)38-30-31-39(42-16-6-5-15-41(38)42)37-27-29-47-45-19-8-7-17-43(45)44-18-9-10-20-46(44)49(47)33-37;1-50(2)42-16-8-7-15-41(42)49-46(50)44(45-38-12-4-3-10-30(38)23-26-43(45)53-49)32-19-17-31(18-20-32)36-24-25-37(40-14-6-5-13-39(36)40)35-28-34-22-21-33-11-9-27-51-47(33)48(34)52-29-35/h3-33H,1-2H3;3-29H,1-2H3. The van der Waals surface area contributed by atoms with Gasteiger partial charge in [0.15, 0.2) is 0 Å². The van der Waals surface area contributed by atoms with Gasteiger partial charge >= 0.3 is 0 Å². The van der Waals surface area contributed by atoms with Crippen molar-refractivity contribution in [2.45, 2.75) is 38.5 Å². The van der Waals surface area contributed by atoms with E-state index in [-0.39, 0.29) is 10.8 Å². The maximum Gasteiger partial charge on any atom is 0.0964 e. The van der Waals surface area contributed by atoms with E-state index in [0.717, 1.165) is 49.8 Å². The highest BCUT2D eigenvalue weighted by atomic mass is 14.8. The van der Waals surface area contributed by atoms with Gasteiger partial charge in [-0.05, 0) is 189 Å². The maximum atomic E-state index is 5.41. The fourth-order valence-electron chi connectivity index (χ4n) is 19.2. The van der Waals surface area contributed by atoms with Crippen molar-refractivity contribution in [3.63, 3.8) is 0 Å². The number of fused-ring (bicyclic) bond motifs is 23. The van der Waals surface area contributed by atoms with E-state index in [1.54, 1.807) is 0 Å². The molecule has 0 amide bonds. The van der Waals surface area contributed by atoms with Crippen LogP contribution in [0.4, 0.5) is 0 Å². The summed E-state index contributed by atoms with van der Waals surface area (Å²) in [5.41, 5.74) is 28.1. The van der Waals surface area contributed by atoms with Gasteiger partial charge in [0.05, 0.1) is 33.5 Å². The largest absolute Gasteiger partial charge is 0.254 e. The second kappa shape index (κ2) is 24.4. The van der Waals surface area contributed by atoms with E-state index >= 15 is 0 Å². The first kappa shape index (κ1) is 63.5. The number of benzene rings is 17. The SMILES string of the molecule is CC1(C)c2ccccc2-c2nc3ccc4ccccc4c3c(-c3ccc(-c4ccc(-c5ccc6c7ccccc7c7ccccc7c6c5)c5ccccc45)cc3)c21.CC1(C)c2ccccc2-c2nc3ccc4ccccc4c3c(-c3ccc(-c4ccc(-c5cnc6c(ccc7cccnc76)c5)c5ccccc45)cc3)c21. The van der Waals surface area contributed by atoms with Crippen LogP contribution in [0.1, 0.15) is 49.9 Å². The van der Waals surface area contributed by atoms with Gasteiger partial charge in [-0.1, -0.05) is 337 Å². The van der Waals surface area contributed by atoms with Gasteiger partial charge in [-0.3, -0.25) is 9.97 Å². The molecule has 0 atom stereocenters. The lowest BCUT2D eigenvalue weighted by molar-refractivity contribution is 0.661. The average molecular weight is 1400 g/mol. The van der Waals surface area contributed by atoms with Gasteiger partial charge in [0.1, 0.15) is 0 Å². The minimum absolute atomic E-state index is 0.202. The summed E-state index contributed by atoms with van der Waals surface area (Å²) in [4.78, 5) is 20.4. The first-order valence-corrected chi connectivity index (χ1v) is 38.2. The van der Waals surface area contributed by atoms with Crippen LogP contribution in [0, 0.1) is 0 Å².